The maximum atomic E-state index is 11.9. The van der Waals surface area contributed by atoms with Crippen LogP contribution in [0.1, 0.15) is 13.0 Å². The Morgan fingerprint density at radius 2 is 2.33 bits per heavy atom. The van der Waals surface area contributed by atoms with Crippen LogP contribution in [0.2, 0.25) is 0 Å². The average molecular weight is 247 g/mol. The van der Waals surface area contributed by atoms with E-state index in [1.807, 2.05) is 0 Å². The van der Waals surface area contributed by atoms with Gasteiger partial charge in [-0.1, -0.05) is 0 Å². The molecule has 0 fully saturated rings. The molecule has 0 saturated heterocycles. The second-order valence-corrected chi connectivity index (χ2v) is 3.63. The fraction of sp³-hybridized carbons (Fsp3) is 0.273. The molecule has 7 nitrogen and oxygen atoms in total. The van der Waals surface area contributed by atoms with Crippen LogP contribution in [-0.2, 0) is 4.79 Å². The summed E-state index contributed by atoms with van der Waals surface area (Å²) in [6.45, 7) is 1.74. The molecule has 7 heteroatoms. The van der Waals surface area contributed by atoms with Gasteiger partial charge in [-0.2, -0.15) is 5.10 Å². The molecule has 0 radical (unpaired) electrons. The van der Waals surface area contributed by atoms with E-state index in [9.17, 15) is 4.79 Å². The van der Waals surface area contributed by atoms with Crippen LogP contribution < -0.4 is 10.1 Å². The van der Waals surface area contributed by atoms with E-state index in [0.29, 0.717) is 11.6 Å². The molecule has 1 N–H and O–H groups in total. The number of hydrogen-bond acceptors (Lipinski definition) is 5. The lowest BCUT2D eigenvalue weighted by Crippen LogP contribution is -2.24. The van der Waals surface area contributed by atoms with Crippen LogP contribution in [0.25, 0.3) is 0 Å². The number of nitrogens with one attached hydrogen (secondary N) is 1. The normalized spacial score (nSPS) is 11.9. The monoisotopic (exact) mass is 247 g/mol. The van der Waals surface area contributed by atoms with Crippen molar-refractivity contribution in [3.8, 4) is 5.88 Å². The standard InChI is InChI=1S/C11H13N5O2/c1-8(16-7-12-6-14-16)11(17)15-9-3-4-10(18-2)13-5-9/h3-8H,1-2H3,(H,15,17)/t8-/m1/s1. The fourth-order valence-corrected chi connectivity index (χ4v) is 1.36. The smallest absolute Gasteiger partial charge is 0.249 e. The summed E-state index contributed by atoms with van der Waals surface area (Å²) in [5, 5.41) is 6.65. The Hall–Kier alpha value is -2.44. The molecule has 1 atom stereocenters. The first-order chi connectivity index (χ1) is 8.70. The maximum absolute atomic E-state index is 11.9. The Kier molecular flexibility index (Phi) is 3.52. The highest BCUT2D eigenvalue weighted by molar-refractivity contribution is 5.93. The minimum atomic E-state index is -0.436. The molecule has 0 aromatic carbocycles. The zero-order valence-electron chi connectivity index (χ0n) is 10.1. The van der Waals surface area contributed by atoms with Crippen LogP contribution in [0, 0.1) is 0 Å². The Balaban J connectivity index is 2.02. The van der Waals surface area contributed by atoms with Crippen molar-refractivity contribution in [3.63, 3.8) is 0 Å². The van der Waals surface area contributed by atoms with Crippen LogP contribution >= 0.6 is 0 Å². The number of carbonyl (C=O) groups excluding carboxylic acids is 1. The average Bonchev–Trinajstić information content (AvgIpc) is 2.92. The highest BCUT2D eigenvalue weighted by Crippen LogP contribution is 2.13. The first-order valence-electron chi connectivity index (χ1n) is 5.35. The Morgan fingerprint density at radius 1 is 1.50 bits per heavy atom. The van der Waals surface area contributed by atoms with Gasteiger partial charge in [0.05, 0.1) is 19.0 Å². The predicted octanol–water partition coefficient (Wildman–Crippen LogP) is 0.881. The van der Waals surface area contributed by atoms with E-state index in [1.54, 1.807) is 19.1 Å². The van der Waals surface area contributed by atoms with Gasteiger partial charge in [0, 0.05) is 6.07 Å². The highest BCUT2D eigenvalue weighted by atomic mass is 16.5. The number of pyridine rings is 1. The van der Waals surface area contributed by atoms with Crippen LogP contribution in [0.5, 0.6) is 5.88 Å². The van der Waals surface area contributed by atoms with Gasteiger partial charge >= 0.3 is 0 Å². The summed E-state index contributed by atoms with van der Waals surface area (Å²) in [6, 6.07) is 2.96. The molecule has 0 aliphatic carbocycles. The summed E-state index contributed by atoms with van der Waals surface area (Å²) in [4.78, 5) is 19.7. The SMILES string of the molecule is COc1ccc(NC(=O)[C@@H](C)n2cncn2)cn1. The third kappa shape index (κ3) is 2.62. The Bertz CT molecular complexity index is 509. The van der Waals surface area contributed by atoms with Crippen molar-refractivity contribution in [3.05, 3.63) is 31.0 Å². The van der Waals surface area contributed by atoms with E-state index in [0.717, 1.165) is 0 Å². The molecule has 2 rings (SSSR count). The van der Waals surface area contributed by atoms with Gasteiger partial charge in [-0.05, 0) is 13.0 Å². The number of carbonyl (C=O) groups is 1. The lowest BCUT2D eigenvalue weighted by molar-refractivity contribution is -0.119. The van der Waals surface area contributed by atoms with E-state index in [2.05, 4.69) is 20.4 Å². The van der Waals surface area contributed by atoms with E-state index in [-0.39, 0.29) is 5.91 Å². The minimum absolute atomic E-state index is 0.188. The van der Waals surface area contributed by atoms with Gasteiger partial charge in [0.25, 0.3) is 0 Å². The number of nitrogens with zero attached hydrogens (tertiary/aromatic N) is 4. The summed E-state index contributed by atoms with van der Waals surface area (Å²) in [7, 11) is 1.54. The number of hydrogen-bond donors (Lipinski definition) is 1. The van der Waals surface area contributed by atoms with Crippen LogP contribution in [0.4, 0.5) is 5.69 Å². The van der Waals surface area contributed by atoms with Crippen molar-refractivity contribution in [1.29, 1.82) is 0 Å². The molecule has 2 aromatic heterocycles. The van der Waals surface area contributed by atoms with Crippen molar-refractivity contribution < 1.29 is 9.53 Å². The zero-order chi connectivity index (χ0) is 13.0. The molecular formula is C11H13N5O2. The molecule has 0 saturated carbocycles. The molecule has 0 aliphatic rings. The van der Waals surface area contributed by atoms with E-state index < -0.39 is 6.04 Å². The molecule has 0 aliphatic heterocycles. The van der Waals surface area contributed by atoms with E-state index in [4.69, 9.17) is 4.74 Å². The quantitative estimate of drug-likeness (QED) is 0.867. The summed E-state index contributed by atoms with van der Waals surface area (Å²) >= 11 is 0. The van der Waals surface area contributed by atoms with E-state index >= 15 is 0 Å². The van der Waals surface area contributed by atoms with Gasteiger partial charge in [-0.25, -0.2) is 14.6 Å². The van der Waals surface area contributed by atoms with Crippen molar-refractivity contribution in [2.75, 3.05) is 12.4 Å². The molecule has 0 spiro atoms. The third-order valence-electron chi connectivity index (χ3n) is 2.43. The number of aromatic nitrogens is 4. The third-order valence-corrected chi connectivity index (χ3v) is 2.43. The highest BCUT2D eigenvalue weighted by Gasteiger charge is 2.15. The number of ether oxygens (including phenoxy) is 1. The van der Waals surface area contributed by atoms with Crippen molar-refractivity contribution in [2.24, 2.45) is 0 Å². The summed E-state index contributed by atoms with van der Waals surface area (Å²) in [6.07, 6.45) is 4.42. The van der Waals surface area contributed by atoms with Gasteiger partial charge in [0.1, 0.15) is 18.7 Å². The van der Waals surface area contributed by atoms with Gasteiger partial charge in [-0.15, -0.1) is 0 Å². The second kappa shape index (κ2) is 5.26. The topological polar surface area (TPSA) is 81.9 Å². The first kappa shape index (κ1) is 12.0. The van der Waals surface area contributed by atoms with E-state index in [1.165, 1.54) is 30.6 Å². The molecule has 1 amide bonds. The molecule has 0 bridgehead atoms. The molecule has 2 aromatic rings. The minimum Gasteiger partial charge on any atom is -0.481 e. The van der Waals surface area contributed by atoms with Gasteiger partial charge in [0.2, 0.25) is 11.8 Å². The van der Waals surface area contributed by atoms with Crippen molar-refractivity contribution in [1.82, 2.24) is 19.7 Å². The van der Waals surface area contributed by atoms with Crippen molar-refractivity contribution in [2.45, 2.75) is 13.0 Å². The van der Waals surface area contributed by atoms with Crippen LogP contribution in [0.15, 0.2) is 31.0 Å². The molecule has 94 valence electrons. The molecule has 2 heterocycles. The molecular weight excluding hydrogens is 234 g/mol. The summed E-state index contributed by atoms with van der Waals surface area (Å²) in [5.41, 5.74) is 0.604. The number of rotatable bonds is 4. The van der Waals surface area contributed by atoms with Gasteiger partial charge < -0.3 is 10.1 Å². The predicted molar refractivity (Wildman–Crippen MR) is 64.2 cm³/mol. The van der Waals surface area contributed by atoms with Gasteiger partial charge in [-0.3, -0.25) is 4.79 Å². The second-order valence-electron chi connectivity index (χ2n) is 3.63. The zero-order valence-corrected chi connectivity index (χ0v) is 10.1. The molecule has 18 heavy (non-hydrogen) atoms. The Morgan fingerprint density at radius 3 is 2.89 bits per heavy atom. The van der Waals surface area contributed by atoms with Crippen LogP contribution in [-0.4, -0.2) is 32.8 Å². The lowest BCUT2D eigenvalue weighted by atomic mass is 10.3. The number of methoxy groups -OCH3 is 1. The summed E-state index contributed by atoms with van der Waals surface area (Å²) < 4.78 is 6.41. The lowest BCUT2D eigenvalue weighted by Gasteiger charge is -2.11. The first-order valence-corrected chi connectivity index (χ1v) is 5.35. The summed E-state index contributed by atoms with van der Waals surface area (Å²) in [5.74, 6) is 0.310. The number of amides is 1. The number of anilines is 1. The van der Waals surface area contributed by atoms with Gasteiger partial charge in [0.15, 0.2) is 0 Å². The Labute approximate surface area is 104 Å². The maximum Gasteiger partial charge on any atom is 0.249 e. The largest absolute Gasteiger partial charge is 0.481 e. The van der Waals surface area contributed by atoms with Crippen molar-refractivity contribution >= 4 is 11.6 Å². The molecule has 0 unspecified atom stereocenters. The fourth-order valence-electron chi connectivity index (χ4n) is 1.36. The van der Waals surface area contributed by atoms with Crippen LogP contribution in [0.3, 0.4) is 0 Å².